The molecule has 1 amide bonds. The maximum Gasteiger partial charge on any atom is 0.257 e. The summed E-state index contributed by atoms with van der Waals surface area (Å²) in [6, 6.07) is 5.43. The highest BCUT2D eigenvalue weighted by Gasteiger charge is 2.33. The van der Waals surface area contributed by atoms with Gasteiger partial charge in [-0.15, -0.1) is 4.40 Å². The highest BCUT2D eigenvalue weighted by atomic mass is 32.2. The van der Waals surface area contributed by atoms with Crippen LogP contribution in [0.5, 0.6) is 0 Å². The van der Waals surface area contributed by atoms with Gasteiger partial charge in [0.05, 0.1) is 24.2 Å². The molecule has 1 aromatic rings. The summed E-state index contributed by atoms with van der Waals surface area (Å²) in [5, 5.41) is 3.43. The number of amides is 1. The zero-order valence-corrected chi connectivity index (χ0v) is 18.3. The minimum Gasteiger partial charge on any atom is -0.374 e. The molecule has 1 unspecified atom stereocenters. The Bertz CT molecular complexity index is 932. The first-order valence-electron chi connectivity index (χ1n) is 9.85. The molecule has 0 bridgehead atoms. The van der Waals surface area contributed by atoms with Crippen LogP contribution in [0.2, 0.25) is 0 Å². The quantitative estimate of drug-likeness (QED) is 0.743. The molecule has 1 N–H and O–H groups in total. The van der Waals surface area contributed by atoms with Crippen molar-refractivity contribution in [3.8, 4) is 0 Å². The summed E-state index contributed by atoms with van der Waals surface area (Å²) in [5.74, 6) is 0.456. The normalized spacial score (nSPS) is 23.5. The van der Waals surface area contributed by atoms with Gasteiger partial charge in [0.1, 0.15) is 0 Å². The Morgan fingerprint density at radius 1 is 1.38 bits per heavy atom. The lowest BCUT2D eigenvalue weighted by atomic mass is 10.1. The first-order chi connectivity index (χ1) is 13.8. The fraction of sp³-hybridized carbons (Fsp3) is 0.579. The van der Waals surface area contributed by atoms with Crippen molar-refractivity contribution >= 4 is 38.5 Å². The topological polar surface area (TPSA) is 91.3 Å². The highest BCUT2D eigenvalue weighted by molar-refractivity contribution is 8.15. The maximum atomic E-state index is 12.6. The Labute approximate surface area is 175 Å². The van der Waals surface area contributed by atoms with Gasteiger partial charge in [0.2, 0.25) is 0 Å². The van der Waals surface area contributed by atoms with Crippen molar-refractivity contribution in [2.24, 2.45) is 10.3 Å². The van der Waals surface area contributed by atoms with Crippen molar-refractivity contribution in [1.29, 1.82) is 0 Å². The number of nitrogens with zero attached hydrogens (tertiary/aromatic N) is 3. The summed E-state index contributed by atoms with van der Waals surface area (Å²) >= 11 is 1.29. The van der Waals surface area contributed by atoms with E-state index in [1.807, 2.05) is 11.0 Å². The molecule has 29 heavy (non-hydrogen) atoms. The second-order valence-corrected chi connectivity index (χ2v) is 10.7. The summed E-state index contributed by atoms with van der Waals surface area (Å²) in [5.41, 5.74) is 1.45. The molecule has 0 aromatic heterocycles. The Morgan fingerprint density at radius 3 is 3.00 bits per heavy atom. The zero-order valence-electron chi connectivity index (χ0n) is 16.6. The third-order valence-electron chi connectivity index (χ3n) is 5.07. The smallest absolute Gasteiger partial charge is 0.257 e. The minimum absolute atomic E-state index is 0.00789. The number of sulfonamides is 1. The average molecular weight is 439 g/mol. The predicted molar refractivity (Wildman–Crippen MR) is 114 cm³/mol. The highest BCUT2D eigenvalue weighted by Crippen LogP contribution is 2.42. The van der Waals surface area contributed by atoms with E-state index in [2.05, 4.69) is 28.5 Å². The second kappa shape index (κ2) is 8.25. The van der Waals surface area contributed by atoms with Crippen LogP contribution in [0.15, 0.2) is 27.5 Å². The van der Waals surface area contributed by atoms with Gasteiger partial charge in [-0.05, 0) is 35.9 Å². The van der Waals surface area contributed by atoms with Crippen molar-refractivity contribution < 1.29 is 17.9 Å². The Kier molecular flexibility index (Phi) is 5.87. The van der Waals surface area contributed by atoms with E-state index < -0.39 is 10.0 Å². The third kappa shape index (κ3) is 4.76. The molecular weight excluding hydrogens is 412 g/mol. The largest absolute Gasteiger partial charge is 0.374 e. The number of amidine groups is 1. The van der Waals surface area contributed by atoms with Crippen molar-refractivity contribution in [1.82, 2.24) is 10.2 Å². The molecule has 4 rings (SSSR count). The van der Waals surface area contributed by atoms with E-state index in [0.717, 1.165) is 30.2 Å². The molecule has 0 saturated carbocycles. The van der Waals surface area contributed by atoms with Crippen LogP contribution in [-0.2, 0) is 14.8 Å². The van der Waals surface area contributed by atoms with Gasteiger partial charge < -0.3 is 15.0 Å². The van der Waals surface area contributed by atoms with Crippen molar-refractivity contribution in [2.45, 2.75) is 24.8 Å². The second-order valence-electron chi connectivity index (χ2n) is 7.95. The monoisotopic (exact) mass is 438 g/mol. The van der Waals surface area contributed by atoms with E-state index in [0.29, 0.717) is 36.3 Å². The van der Waals surface area contributed by atoms with Crippen LogP contribution in [0.4, 0.5) is 5.69 Å². The summed E-state index contributed by atoms with van der Waals surface area (Å²) < 4.78 is 33.1. The predicted octanol–water partition coefficient (Wildman–Crippen LogP) is 1.38. The van der Waals surface area contributed by atoms with E-state index in [-0.39, 0.29) is 17.8 Å². The first-order valence-corrected chi connectivity index (χ1v) is 12.3. The molecule has 0 radical (unpaired) electrons. The van der Waals surface area contributed by atoms with Crippen LogP contribution in [0.1, 0.15) is 24.2 Å². The van der Waals surface area contributed by atoms with Gasteiger partial charge >= 0.3 is 0 Å². The van der Waals surface area contributed by atoms with E-state index in [1.54, 1.807) is 12.1 Å². The number of benzene rings is 1. The molecule has 0 aliphatic carbocycles. The average Bonchev–Trinajstić information content (AvgIpc) is 3.01. The Hall–Kier alpha value is -1.62. The lowest BCUT2D eigenvalue weighted by Gasteiger charge is -2.33. The lowest BCUT2D eigenvalue weighted by molar-refractivity contribution is -0.0295. The van der Waals surface area contributed by atoms with Crippen molar-refractivity contribution in [2.75, 3.05) is 50.0 Å². The van der Waals surface area contributed by atoms with Crippen LogP contribution < -0.4 is 10.2 Å². The van der Waals surface area contributed by atoms with Crippen LogP contribution in [-0.4, -0.2) is 75.6 Å². The number of nitrogens with one attached hydrogen (secondary N) is 1. The number of thioether (sulfide) groups is 1. The number of anilines is 1. The number of carbonyl (C=O) groups excluding carboxylic acids is 1. The van der Waals surface area contributed by atoms with Gasteiger partial charge in [-0.1, -0.05) is 13.8 Å². The number of carbonyl (C=O) groups is 1. The van der Waals surface area contributed by atoms with E-state index in [4.69, 9.17) is 4.74 Å². The molecular formula is C19H26N4O4S2. The molecule has 1 saturated heterocycles. The van der Waals surface area contributed by atoms with Gasteiger partial charge in [0.15, 0.2) is 5.17 Å². The van der Waals surface area contributed by atoms with Crippen LogP contribution in [0.3, 0.4) is 0 Å². The minimum atomic E-state index is -3.39. The molecule has 1 fully saturated rings. The molecule has 10 heteroatoms. The molecule has 3 aliphatic heterocycles. The van der Waals surface area contributed by atoms with Gasteiger partial charge in [-0.3, -0.25) is 9.69 Å². The van der Waals surface area contributed by atoms with E-state index in [9.17, 15) is 13.2 Å². The van der Waals surface area contributed by atoms with Crippen LogP contribution in [0.25, 0.3) is 0 Å². The van der Waals surface area contributed by atoms with Gasteiger partial charge in [-0.2, -0.15) is 0 Å². The third-order valence-corrected chi connectivity index (χ3v) is 7.38. The SMILES string of the molecule is CC(C)CN1CCOC(CNC(=O)c2ccc3c(c2)SC2=NS(=O)(=O)CCN23)C1. The summed E-state index contributed by atoms with van der Waals surface area (Å²) in [4.78, 5) is 17.8. The van der Waals surface area contributed by atoms with Crippen molar-refractivity contribution in [3.05, 3.63) is 23.8 Å². The number of morpholine rings is 1. The number of hydrogen-bond acceptors (Lipinski definition) is 7. The maximum absolute atomic E-state index is 12.6. The molecule has 1 aromatic carbocycles. The van der Waals surface area contributed by atoms with Crippen LogP contribution >= 0.6 is 11.8 Å². The van der Waals surface area contributed by atoms with E-state index in [1.165, 1.54) is 11.8 Å². The molecule has 1 atom stereocenters. The molecule has 0 spiro atoms. The lowest BCUT2D eigenvalue weighted by Crippen LogP contribution is -2.48. The fourth-order valence-corrected chi connectivity index (χ4v) is 6.06. The molecule has 8 nitrogen and oxygen atoms in total. The number of ether oxygens (including phenoxy) is 1. The zero-order chi connectivity index (χ0) is 20.6. The standard InChI is InChI=1S/C19H26N4O4S2/c1-13(2)11-22-5-7-27-15(12-22)10-20-18(24)14-3-4-16-17(9-14)28-19-21-29(25,26)8-6-23(16)19/h3-4,9,13,15H,5-8,10-12H2,1-2H3,(H,20,24). The fourth-order valence-electron chi connectivity index (χ4n) is 3.77. The summed E-state index contributed by atoms with van der Waals surface area (Å²) in [6.45, 7) is 8.73. The van der Waals surface area contributed by atoms with Gasteiger partial charge in [0.25, 0.3) is 15.9 Å². The summed E-state index contributed by atoms with van der Waals surface area (Å²) in [7, 11) is -3.39. The van der Waals surface area contributed by atoms with E-state index >= 15 is 0 Å². The van der Waals surface area contributed by atoms with Gasteiger partial charge in [-0.25, -0.2) is 8.42 Å². The number of fused-ring (bicyclic) bond motifs is 3. The Morgan fingerprint density at radius 2 is 2.21 bits per heavy atom. The number of rotatable bonds is 5. The molecule has 3 aliphatic rings. The first kappa shape index (κ1) is 20.6. The van der Waals surface area contributed by atoms with Crippen LogP contribution in [0, 0.1) is 5.92 Å². The molecule has 158 valence electrons. The summed E-state index contributed by atoms with van der Waals surface area (Å²) in [6.07, 6.45) is -0.0104. The molecule has 3 heterocycles. The van der Waals surface area contributed by atoms with Crippen molar-refractivity contribution in [3.63, 3.8) is 0 Å². The Balaban J connectivity index is 1.38. The van der Waals surface area contributed by atoms with Gasteiger partial charge in [0, 0.05) is 43.2 Å². The number of hydrogen-bond donors (Lipinski definition) is 1.